The molecule has 1 saturated heterocycles. The van der Waals surface area contributed by atoms with E-state index in [1.807, 2.05) is 0 Å². The van der Waals surface area contributed by atoms with Crippen LogP contribution < -0.4 is 5.32 Å². The second-order valence-electron chi connectivity index (χ2n) is 5.56. The fourth-order valence-electron chi connectivity index (χ4n) is 2.13. The van der Waals surface area contributed by atoms with Crippen LogP contribution >= 0.6 is 0 Å². The van der Waals surface area contributed by atoms with E-state index in [0.717, 1.165) is 32.7 Å². The predicted molar refractivity (Wildman–Crippen MR) is 71.4 cm³/mol. The third kappa shape index (κ3) is 7.02. The molecule has 1 rings (SSSR count). The van der Waals surface area contributed by atoms with E-state index in [4.69, 9.17) is 9.47 Å². The molecule has 1 atom stereocenters. The highest BCUT2D eigenvalue weighted by Gasteiger charge is 2.30. The van der Waals surface area contributed by atoms with Crippen LogP contribution in [0.2, 0.25) is 0 Å². The van der Waals surface area contributed by atoms with E-state index in [-0.39, 0.29) is 5.60 Å². The third-order valence-corrected chi connectivity index (χ3v) is 3.21. The molecule has 102 valence electrons. The SMILES string of the molecule is CCCCOCCCNCC1CCC(C)(C)O1. The summed E-state index contributed by atoms with van der Waals surface area (Å²) < 4.78 is 11.4. The highest BCUT2D eigenvalue weighted by Crippen LogP contribution is 2.28. The third-order valence-electron chi connectivity index (χ3n) is 3.21. The molecule has 0 aromatic rings. The maximum atomic E-state index is 5.91. The quantitative estimate of drug-likeness (QED) is 0.632. The molecule has 0 radical (unpaired) electrons. The summed E-state index contributed by atoms with van der Waals surface area (Å²) in [6.07, 6.45) is 6.27. The molecule has 3 heteroatoms. The fourth-order valence-corrected chi connectivity index (χ4v) is 2.13. The van der Waals surface area contributed by atoms with Crippen LogP contribution in [-0.4, -0.2) is 38.0 Å². The molecule has 3 nitrogen and oxygen atoms in total. The van der Waals surface area contributed by atoms with Crippen LogP contribution in [0.4, 0.5) is 0 Å². The Hall–Kier alpha value is -0.120. The molecule has 1 aliphatic rings. The standard InChI is InChI=1S/C14H29NO2/c1-4-5-10-16-11-6-9-15-12-13-7-8-14(2,3)17-13/h13,15H,4-12H2,1-3H3. The van der Waals surface area contributed by atoms with Gasteiger partial charge in [0, 0.05) is 19.8 Å². The van der Waals surface area contributed by atoms with Crippen molar-refractivity contribution in [3.63, 3.8) is 0 Å². The van der Waals surface area contributed by atoms with Crippen molar-refractivity contribution in [3.05, 3.63) is 0 Å². The minimum atomic E-state index is 0.0929. The zero-order valence-electron chi connectivity index (χ0n) is 11.8. The Morgan fingerprint density at radius 1 is 1.29 bits per heavy atom. The summed E-state index contributed by atoms with van der Waals surface area (Å²) in [5, 5.41) is 3.45. The average molecular weight is 243 g/mol. The molecular formula is C14H29NO2. The fraction of sp³-hybridized carbons (Fsp3) is 1.00. The normalized spacial score (nSPS) is 23.1. The van der Waals surface area contributed by atoms with E-state index in [9.17, 15) is 0 Å². The van der Waals surface area contributed by atoms with E-state index in [2.05, 4.69) is 26.1 Å². The maximum absolute atomic E-state index is 5.91. The molecule has 0 bridgehead atoms. The largest absolute Gasteiger partial charge is 0.381 e. The number of ether oxygens (including phenoxy) is 2. The molecule has 0 aliphatic carbocycles. The van der Waals surface area contributed by atoms with Crippen LogP contribution in [0, 0.1) is 0 Å². The van der Waals surface area contributed by atoms with Crippen LogP contribution in [0.3, 0.4) is 0 Å². The first kappa shape index (κ1) is 14.9. The minimum absolute atomic E-state index is 0.0929. The van der Waals surface area contributed by atoms with Crippen molar-refractivity contribution in [2.75, 3.05) is 26.3 Å². The van der Waals surface area contributed by atoms with Crippen molar-refractivity contribution in [2.24, 2.45) is 0 Å². The van der Waals surface area contributed by atoms with Gasteiger partial charge < -0.3 is 14.8 Å². The van der Waals surface area contributed by atoms with Gasteiger partial charge in [-0.3, -0.25) is 0 Å². The summed E-state index contributed by atoms with van der Waals surface area (Å²) >= 11 is 0. The molecule has 1 unspecified atom stereocenters. The van der Waals surface area contributed by atoms with Crippen molar-refractivity contribution >= 4 is 0 Å². The maximum Gasteiger partial charge on any atom is 0.0707 e. The predicted octanol–water partition coefficient (Wildman–Crippen LogP) is 2.74. The topological polar surface area (TPSA) is 30.5 Å². The molecule has 1 heterocycles. The van der Waals surface area contributed by atoms with Crippen LogP contribution in [0.25, 0.3) is 0 Å². The van der Waals surface area contributed by atoms with Gasteiger partial charge in [0.15, 0.2) is 0 Å². The second-order valence-corrected chi connectivity index (χ2v) is 5.56. The van der Waals surface area contributed by atoms with Gasteiger partial charge in [-0.25, -0.2) is 0 Å². The summed E-state index contributed by atoms with van der Waals surface area (Å²) in [5.74, 6) is 0. The van der Waals surface area contributed by atoms with E-state index in [1.54, 1.807) is 0 Å². The van der Waals surface area contributed by atoms with Gasteiger partial charge in [0.05, 0.1) is 11.7 Å². The molecular weight excluding hydrogens is 214 g/mol. The van der Waals surface area contributed by atoms with Gasteiger partial charge in [-0.2, -0.15) is 0 Å². The number of hydrogen-bond donors (Lipinski definition) is 1. The summed E-state index contributed by atoms with van der Waals surface area (Å²) in [6, 6.07) is 0. The first-order valence-corrected chi connectivity index (χ1v) is 7.10. The van der Waals surface area contributed by atoms with Crippen molar-refractivity contribution in [3.8, 4) is 0 Å². The Labute approximate surface area is 106 Å². The molecule has 1 aliphatic heterocycles. The lowest BCUT2D eigenvalue weighted by Gasteiger charge is -2.19. The van der Waals surface area contributed by atoms with Gasteiger partial charge in [-0.15, -0.1) is 0 Å². The summed E-state index contributed by atoms with van der Waals surface area (Å²) in [4.78, 5) is 0. The van der Waals surface area contributed by atoms with Gasteiger partial charge in [-0.1, -0.05) is 13.3 Å². The van der Waals surface area contributed by atoms with Crippen LogP contribution in [0.15, 0.2) is 0 Å². The minimum Gasteiger partial charge on any atom is -0.381 e. The smallest absolute Gasteiger partial charge is 0.0707 e. The number of rotatable bonds is 9. The molecule has 0 spiro atoms. The number of hydrogen-bond acceptors (Lipinski definition) is 3. The van der Waals surface area contributed by atoms with Crippen molar-refractivity contribution in [1.82, 2.24) is 5.32 Å². The number of unbranched alkanes of at least 4 members (excludes halogenated alkanes) is 1. The second kappa shape index (κ2) is 8.06. The lowest BCUT2D eigenvalue weighted by Crippen LogP contribution is -2.30. The highest BCUT2D eigenvalue weighted by molar-refractivity contribution is 4.81. The summed E-state index contributed by atoms with van der Waals surface area (Å²) in [7, 11) is 0. The van der Waals surface area contributed by atoms with E-state index in [1.165, 1.54) is 25.7 Å². The van der Waals surface area contributed by atoms with Gasteiger partial charge in [0.2, 0.25) is 0 Å². The van der Waals surface area contributed by atoms with Crippen LogP contribution in [0.1, 0.15) is 52.9 Å². The van der Waals surface area contributed by atoms with Gasteiger partial charge in [-0.05, 0) is 46.1 Å². The Balaban J connectivity index is 1.85. The van der Waals surface area contributed by atoms with E-state index < -0.39 is 0 Å². The van der Waals surface area contributed by atoms with Gasteiger partial charge >= 0.3 is 0 Å². The van der Waals surface area contributed by atoms with Crippen molar-refractivity contribution in [2.45, 2.75) is 64.6 Å². The Kier molecular flexibility index (Phi) is 7.09. The van der Waals surface area contributed by atoms with Gasteiger partial charge in [0.1, 0.15) is 0 Å². The Bertz CT molecular complexity index is 195. The molecule has 17 heavy (non-hydrogen) atoms. The summed E-state index contributed by atoms with van der Waals surface area (Å²) in [6.45, 7) is 10.3. The average Bonchev–Trinajstić information content (AvgIpc) is 2.62. The van der Waals surface area contributed by atoms with Crippen LogP contribution in [0.5, 0.6) is 0 Å². The van der Waals surface area contributed by atoms with E-state index >= 15 is 0 Å². The van der Waals surface area contributed by atoms with E-state index in [0.29, 0.717) is 6.10 Å². The first-order valence-electron chi connectivity index (χ1n) is 7.10. The highest BCUT2D eigenvalue weighted by atomic mass is 16.5. The molecule has 1 N–H and O–H groups in total. The van der Waals surface area contributed by atoms with Crippen molar-refractivity contribution < 1.29 is 9.47 Å². The molecule has 0 saturated carbocycles. The van der Waals surface area contributed by atoms with Crippen molar-refractivity contribution in [1.29, 1.82) is 0 Å². The molecule has 0 amide bonds. The molecule has 1 fully saturated rings. The van der Waals surface area contributed by atoms with Crippen LogP contribution in [-0.2, 0) is 9.47 Å². The van der Waals surface area contributed by atoms with Gasteiger partial charge in [0.25, 0.3) is 0 Å². The first-order chi connectivity index (χ1) is 8.14. The lowest BCUT2D eigenvalue weighted by molar-refractivity contribution is -0.0143. The monoisotopic (exact) mass is 243 g/mol. The molecule has 0 aromatic heterocycles. The Morgan fingerprint density at radius 2 is 2.06 bits per heavy atom. The lowest BCUT2D eigenvalue weighted by atomic mass is 10.1. The Morgan fingerprint density at radius 3 is 2.71 bits per heavy atom. The summed E-state index contributed by atoms with van der Waals surface area (Å²) in [5.41, 5.74) is 0.0929. The molecule has 0 aromatic carbocycles. The zero-order valence-corrected chi connectivity index (χ0v) is 11.8. The zero-order chi connectivity index (χ0) is 12.6. The number of nitrogens with one attached hydrogen (secondary N) is 1.